The van der Waals surface area contributed by atoms with Crippen LogP contribution in [0.25, 0.3) is 11.2 Å². The van der Waals surface area contributed by atoms with Crippen molar-refractivity contribution in [3.05, 3.63) is 85.4 Å². The van der Waals surface area contributed by atoms with Crippen LogP contribution in [0.3, 0.4) is 0 Å². The predicted molar refractivity (Wildman–Crippen MR) is 131 cm³/mol. The maximum atomic E-state index is 12.8. The van der Waals surface area contributed by atoms with Crippen LogP contribution in [0.1, 0.15) is 46.1 Å². The summed E-state index contributed by atoms with van der Waals surface area (Å²) in [7, 11) is 0. The monoisotopic (exact) mass is 496 g/mol. The molecule has 2 aromatic heterocycles. The van der Waals surface area contributed by atoms with Gasteiger partial charge < -0.3 is 9.88 Å². The molecule has 0 unspecified atom stereocenters. The minimum atomic E-state index is -0.327. The third-order valence-electron chi connectivity index (χ3n) is 6.19. The molecular formula is C24H22Cl2N6O2. The molecule has 0 radical (unpaired) electrons. The molecule has 10 heteroatoms. The molecule has 2 aromatic carbocycles. The minimum Gasteiger partial charge on any atom is -0.339 e. The van der Waals surface area contributed by atoms with Gasteiger partial charge in [-0.15, -0.1) is 5.10 Å². The van der Waals surface area contributed by atoms with Gasteiger partial charge in [-0.2, -0.15) is 0 Å². The fourth-order valence-electron chi connectivity index (χ4n) is 4.23. The van der Waals surface area contributed by atoms with Crippen LogP contribution in [0, 0.1) is 6.92 Å². The zero-order valence-electron chi connectivity index (χ0n) is 18.5. The van der Waals surface area contributed by atoms with E-state index in [2.05, 4.69) is 15.3 Å². The maximum absolute atomic E-state index is 12.8. The Morgan fingerprint density at radius 3 is 2.56 bits per heavy atom. The highest BCUT2D eigenvalue weighted by atomic mass is 35.5. The van der Waals surface area contributed by atoms with Gasteiger partial charge in [0, 0.05) is 34.6 Å². The smallest absolute Gasteiger partial charge is 0.281 e. The number of carbonyl (C=O) groups is 1. The first-order chi connectivity index (χ1) is 16.4. The number of aryl methyl sites for hydroxylation is 1. The van der Waals surface area contributed by atoms with E-state index in [4.69, 9.17) is 28.2 Å². The second-order valence-corrected chi connectivity index (χ2v) is 9.38. The highest BCUT2D eigenvalue weighted by molar-refractivity contribution is 6.35. The first kappa shape index (κ1) is 22.6. The van der Waals surface area contributed by atoms with Crippen molar-refractivity contribution in [3.8, 4) is 0 Å². The van der Waals surface area contributed by atoms with E-state index in [1.807, 2.05) is 42.2 Å². The first-order valence-corrected chi connectivity index (χ1v) is 11.8. The normalized spacial score (nSPS) is 14.6. The number of nitrogens with zero attached hydrogens (tertiary/aromatic N) is 5. The number of rotatable bonds is 4. The summed E-state index contributed by atoms with van der Waals surface area (Å²) in [4.78, 5) is 34.9. The molecule has 3 heterocycles. The van der Waals surface area contributed by atoms with Crippen molar-refractivity contribution in [1.29, 1.82) is 0 Å². The molecule has 0 atom stereocenters. The van der Waals surface area contributed by atoms with Gasteiger partial charge in [0.1, 0.15) is 5.82 Å². The summed E-state index contributed by atoms with van der Waals surface area (Å²) in [5, 5.41) is 9.17. The number of hydrogen-bond acceptors (Lipinski definition) is 5. The molecular weight excluding hydrogens is 475 g/mol. The van der Waals surface area contributed by atoms with Crippen molar-refractivity contribution in [3.63, 3.8) is 0 Å². The lowest BCUT2D eigenvalue weighted by Gasteiger charge is -2.31. The Morgan fingerprint density at radius 2 is 1.85 bits per heavy atom. The van der Waals surface area contributed by atoms with E-state index < -0.39 is 0 Å². The molecule has 34 heavy (non-hydrogen) atoms. The Labute approximate surface area is 205 Å². The molecule has 8 nitrogen and oxygen atoms in total. The van der Waals surface area contributed by atoms with Crippen LogP contribution < -0.4 is 5.56 Å². The van der Waals surface area contributed by atoms with E-state index in [1.165, 1.54) is 0 Å². The number of piperidine rings is 1. The number of nitrogens with one attached hydrogen (secondary N) is 1. The number of fused-ring (bicyclic) bond motifs is 1. The number of hydrogen-bond donors (Lipinski definition) is 1. The van der Waals surface area contributed by atoms with E-state index in [9.17, 15) is 9.59 Å². The lowest BCUT2D eigenvalue weighted by Crippen LogP contribution is -2.38. The predicted octanol–water partition coefficient (Wildman–Crippen LogP) is 4.20. The van der Waals surface area contributed by atoms with E-state index in [0.717, 1.165) is 11.1 Å². The van der Waals surface area contributed by atoms with Crippen LogP contribution in [0.5, 0.6) is 0 Å². The largest absolute Gasteiger partial charge is 0.339 e. The number of aromatic amines is 1. The zero-order valence-corrected chi connectivity index (χ0v) is 20.0. The molecule has 0 bridgehead atoms. The fourth-order valence-corrected chi connectivity index (χ4v) is 4.70. The van der Waals surface area contributed by atoms with Gasteiger partial charge in [-0.05, 0) is 49.6 Å². The molecule has 0 saturated carbocycles. The summed E-state index contributed by atoms with van der Waals surface area (Å²) in [5.74, 6) is 0.643. The number of H-pyrrole nitrogens is 1. The summed E-state index contributed by atoms with van der Waals surface area (Å²) < 4.78 is 1.57. The molecule has 0 spiro atoms. The average molecular weight is 497 g/mol. The number of likely N-dealkylation sites (tertiary alicyclic amines) is 1. The van der Waals surface area contributed by atoms with Gasteiger partial charge in [-0.25, -0.2) is 9.67 Å². The van der Waals surface area contributed by atoms with Gasteiger partial charge >= 0.3 is 0 Å². The number of carbonyl (C=O) groups excluding carboxylic acids is 1. The van der Waals surface area contributed by atoms with Gasteiger partial charge in [0.2, 0.25) is 0 Å². The Balaban J connectivity index is 1.35. The van der Waals surface area contributed by atoms with Crippen molar-refractivity contribution < 1.29 is 4.79 Å². The molecule has 0 aliphatic carbocycles. The number of aromatic nitrogens is 5. The number of halogens is 2. The standard InChI is InChI=1S/C24H22Cl2N6O2/c1-14-2-4-16(5-3-14)24(34)31-10-8-15(9-11-31)21-27-22-20(23(33)28-21)29-30-32(22)13-17-6-7-18(25)12-19(17)26/h2-7,12,15H,8-11,13H2,1H3,(H,27,28,33). The highest BCUT2D eigenvalue weighted by Gasteiger charge is 2.27. The molecule has 1 aliphatic rings. The fraction of sp³-hybridized carbons (Fsp3) is 0.292. The highest BCUT2D eigenvalue weighted by Crippen LogP contribution is 2.27. The maximum Gasteiger partial charge on any atom is 0.281 e. The second-order valence-electron chi connectivity index (χ2n) is 8.54. The molecule has 4 aromatic rings. The van der Waals surface area contributed by atoms with E-state index in [-0.39, 0.29) is 22.9 Å². The van der Waals surface area contributed by atoms with Gasteiger partial charge in [0.05, 0.1) is 6.54 Å². The van der Waals surface area contributed by atoms with Crippen LogP contribution in [-0.4, -0.2) is 48.9 Å². The van der Waals surface area contributed by atoms with E-state index in [0.29, 0.717) is 59.6 Å². The number of benzene rings is 2. The van der Waals surface area contributed by atoms with Crippen LogP contribution in [0.4, 0.5) is 0 Å². The summed E-state index contributed by atoms with van der Waals surface area (Å²) >= 11 is 12.3. The summed E-state index contributed by atoms with van der Waals surface area (Å²) in [5.41, 5.74) is 2.86. The molecule has 174 valence electrons. The van der Waals surface area contributed by atoms with E-state index >= 15 is 0 Å². The molecule has 1 fully saturated rings. The number of amides is 1. The Kier molecular flexibility index (Phi) is 6.10. The molecule has 1 N–H and O–H groups in total. The first-order valence-electron chi connectivity index (χ1n) is 11.0. The molecule has 1 saturated heterocycles. The van der Waals surface area contributed by atoms with E-state index in [1.54, 1.807) is 16.8 Å². The molecule has 1 aliphatic heterocycles. The van der Waals surface area contributed by atoms with Gasteiger partial charge in [0.25, 0.3) is 11.5 Å². The lowest BCUT2D eigenvalue weighted by molar-refractivity contribution is 0.0711. The Bertz CT molecular complexity index is 1420. The average Bonchev–Trinajstić information content (AvgIpc) is 3.24. The van der Waals surface area contributed by atoms with Crippen LogP contribution in [-0.2, 0) is 6.54 Å². The molecule has 5 rings (SSSR count). The van der Waals surface area contributed by atoms with Crippen molar-refractivity contribution in [2.45, 2.75) is 32.2 Å². The topological polar surface area (TPSA) is 96.8 Å². The Hall–Kier alpha value is -3.23. The quantitative estimate of drug-likeness (QED) is 0.456. The Morgan fingerprint density at radius 1 is 1.12 bits per heavy atom. The summed E-state index contributed by atoms with van der Waals surface area (Å²) in [6.45, 7) is 3.50. The third-order valence-corrected chi connectivity index (χ3v) is 6.78. The van der Waals surface area contributed by atoms with Gasteiger partial charge in [-0.1, -0.05) is 52.2 Å². The van der Waals surface area contributed by atoms with Crippen molar-refractivity contribution >= 4 is 40.3 Å². The third kappa shape index (κ3) is 4.43. The summed E-state index contributed by atoms with van der Waals surface area (Å²) in [6.07, 6.45) is 1.41. The zero-order chi connectivity index (χ0) is 23.8. The van der Waals surface area contributed by atoms with Crippen LogP contribution >= 0.6 is 23.2 Å². The minimum absolute atomic E-state index is 0.0254. The summed E-state index contributed by atoms with van der Waals surface area (Å²) in [6, 6.07) is 12.8. The van der Waals surface area contributed by atoms with Gasteiger partial charge in [0.15, 0.2) is 11.2 Å². The van der Waals surface area contributed by atoms with Crippen LogP contribution in [0.15, 0.2) is 47.3 Å². The second kappa shape index (κ2) is 9.19. The van der Waals surface area contributed by atoms with Crippen molar-refractivity contribution in [2.75, 3.05) is 13.1 Å². The van der Waals surface area contributed by atoms with Crippen molar-refractivity contribution in [2.24, 2.45) is 0 Å². The van der Waals surface area contributed by atoms with Crippen LogP contribution in [0.2, 0.25) is 10.0 Å². The lowest BCUT2D eigenvalue weighted by atomic mass is 9.95. The van der Waals surface area contributed by atoms with Crippen molar-refractivity contribution in [1.82, 2.24) is 29.9 Å². The molecule has 1 amide bonds. The SMILES string of the molecule is Cc1ccc(C(=O)N2CCC(c3nc4c(nnn4Cc4ccc(Cl)cc4Cl)c(=O)[nH]3)CC2)cc1. The van der Waals surface area contributed by atoms with Gasteiger partial charge in [-0.3, -0.25) is 9.59 Å².